The third-order valence-corrected chi connectivity index (χ3v) is 3.88. The molecule has 2 heterocycles. The zero-order chi connectivity index (χ0) is 19.1. The highest BCUT2D eigenvalue weighted by atomic mass is 35.5. The van der Waals surface area contributed by atoms with E-state index in [1.165, 1.54) is 0 Å². The monoisotopic (exact) mass is 387 g/mol. The summed E-state index contributed by atoms with van der Waals surface area (Å²) in [6, 6.07) is 5.52. The second-order valence-corrected chi connectivity index (χ2v) is 5.75. The summed E-state index contributed by atoms with van der Waals surface area (Å²) in [7, 11) is 0. The lowest BCUT2D eigenvalue weighted by Gasteiger charge is -2.27. The van der Waals surface area contributed by atoms with Crippen LogP contribution < -0.4 is 11.1 Å². The number of ether oxygens (including phenoxy) is 1. The minimum Gasteiger partial charge on any atom is -0.462 e. The van der Waals surface area contributed by atoms with Crippen LogP contribution in [0.25, 0.3) is 5.82 Å². The molecule has 1 aromatic heterocycles. The van der Waals surface area contributed by atoms with Crippen LogP contribution in [0, 0.1) is 0 Å². The quantitative estimate of drug-likeness (QED) is 0.786. The van der Waals surface area contributed by atoms with Crippen molar-refractivity contribution >= 4 is 29.3 Å². The molecule has 0 spiro atoms. The molecule has 7 nitrogen and oxygen atoms in total. The van der Waals surface area contributed by atoms with Crippen molar-refractivity contribution in [3.05, 3.63) is 46.2 Å². The first kappa shape index (κ1) is 18.1. The highest BCUT2D eigenvalue weighted by Crippen LogP contribution is 2.36. The Bertz CT molecular complexity index is 876. The number of hydrogen-bond donors (Lipinski definition) is 2. The third kappa shape index (κ3) is 3.19. The molecule has 11 heteroatoms. The van der Waals surface area contributed by atoms with Crippen LogP contribution in [0.4, 0.5) is 19.1 Å². The van der Waals surface area contributed by atoms with Crippen LogP contribution >= 0.6 is 11.6 Å². The van der Waals surface area contributed by atoms with E-state index in [1.54, 1.807) is 31.2 Å². The molecule has 0 fully saturated rings. The Labute approximate surface area is 150 Å². The van der Waals surface area contributed by atoms with Crippen LogP contribution in [0.15, 0.2) is 29.8 Å². The number of fused-ring (bicyclic) bond motifs is 1. The molecule has 1 aliphatic rings. The number of aromatic nitrogens is 3. The van der Waals surface area contributed by atoms with E-state index in [9.17, 15) is 18.0 Å². The zero-order valence-corrected chi connectivity index (χ0v) is 14.1. The molecule has 0 saturated carbocycles. The van der Waals surface area contributed by atoms with E-state index >= 15 is 0 Å². The Kier molecular flexibility index (Phi) is 4.53. The standard InChI is InChI=1S/C15H13ClF3N5O2/c1-2-26-12(25)9-10(7-3-5-8(16)6-4-7)21-14-22-13(15(17,18)19)23-24(14)11(9)20/h3-6,10H,2,20H2,1H3,(H,21,22,23)/t10-/m1/s1. The van der Waals surface area contributed by atoms with Gasteiger partial charge in [0, 0.05) is 5.02 Å². The van der Waals surface area contributed by atoms with Crippen LogP contribution in [-0.4, -0.2) is 27.3 Å². The van der Waals surface area contributed by atoms with Crippen molar-refractivity contribution in [3.8, 4) is 0 Å². The van der Waals surface area contributed by atoms with Gasteiger partial charge in [-0.2, -0.15) is 22.8 Å². The second-order valence-electron chi connectivity index (χ2n) is 5.32. The van der Waals surface area contributed by atoms with Crippen LogP contribution in [0.5, 0.6) is 0 Å². The Balaban J connectivity index is 2.13. The Morgan fingerprint density at radius 2 is 2.04 bits per heavy atom. The predicted octanol–water partition coefficient (Wildman–Crippen LogP) is 2.81. The van der Waals surface area contributed by atoms with Gasteiger partial charge in [0.1, 0.15) is 11.4 Å². The molecule has 0 aliphatic carbocycles. The van der Waals surface area contributed by atoms with Crippen LogP contribution in [0.1, 0.15) is 24.4 Å². The highest BCUT2D eigenvalue weighted by Gasteiger charge is 2.41. The SMILES string of the molecule is CCOC(=O)C1=C(N)n2nc(C(F)(F)F)nc2N[C@@H]1c1ccc(Cl)cc1. The third-order valence-electron chi connectivity index (χ3n) is 3.63. The van der Waals surface area contributed by atoms with Crippen molar-refractivity contribution in [3.63, 3.8) is 0 Å². The number of nitrogens with one attached hydrogen (secondary N) is 1. The van der Waals surface area contributed by atoms with Gasteiger partial charge < -0.3 is 15.8 Å². The van der Waals surface area contributed by atoms with Crippen LogP contribution in [-0.2, 0) is 15.7 Å². The molecule has 2 aromatic rings. The second kappa shape index (κ2) is 6.52. The number of carbonyl (C=O) groups excluding carboxylic acids is 1. The average Bonchev–Trinajstić information content (AvgIpc) is 3.00. The fraction of sp³-hybridized carbons (Fsp3) is 0.267. The first-order valence-corrected chi connectivity index (χ1v) is 7.83. The summed E-state index contributed by atoms with van der Waals surface area (Å²) >= 11 is 5.86. The summed E-state index contributed by atoms with van der Waals surface area (Å²) in [4.78, 5) is 15.8. The van der Waals surface area contributed by atoms with Gasteiger partial charge in [-0.25, -0.2) is 4.79 Å². The fourth-order valence-electron chi connectivity index (χ4n) is 2.49. The van der Waals surface area contributed by atoms with E-state index in [-0.39, 0.29) is 23.9 Å². The Hall–Kier alpha value is -2.75. The van der Waals surface area contributed by atoms with Gasteiger partial charge in [-0.05, 0) is 24.6 Å². The van der Waals surface area contributed by atoms with Gasteiger partial charge in [-0.1, -0.05) is 23.7 Å². The zero-order valence-electron chi connectivity index (χ0n) is 13.3. The van der Waals surface area contributed by atoms with Gasteiger partial charge in [0.05, 0.1) is 12.6 Å². The number of hydrogen-bond acceptors (Lipinski definition) is 6. The van der Waals surface area contributed by atoms with Gasteiger partial charge in [0.25, 0.3) is 5.82 Å². The van der Waals surface area contributed by atoms with Gasteiger partial charge in [-0.15, -0.1) is 5.10 Å². The molecule has 3 N–H and O–H groups in total. The van der Waals surface area contributed by atoms with Gasteiger partial charge in [0.15, 0.2) is 0 Å². The maximum Gasteiger partial charge on any atom is 0.453 e. The van der Waals surface area contributed by atoms with Crippen molar-refractivity contribution in [2.75, 3.05) is 11.9 Å². The molecule has 1 aromatic carbocycles. The number of alkyl halides is 3. The molecule has 0 bridgehead atoms. The van der Waals surface area contributed by atoms with Crippen molar-refractivity contribution in [1.29, 1.82) is 0 Å². The normalized spacial score (nSPS) is 16.9. The fourth-order valence-corrected chi connectivity index (χ4v) is 2.62. The van der Waals surface area contributed by atoms with E-state index < -0.39 is 24.0 Å². The topological polar surface area (TPSA) is 95.1 Å². The van der Waals surface area contributed by atoms with Crippen LogP contribution in [0.2, 0.25) is 5.02 Å². The molecule has 26 heavy (non-hydrogen) atoms. The number of benzene rings is 1. The van der Waals surface area contributed by atoms with Crippen LogP contribution in [0.3, 0.4) is 0 Å². The first-order chi connectivity index (χ1) is 12.2. The molecule has 3 rings (SSSR count). The summed E-state index contributed by atoms with van der Waals surface area (Å²) in [5, 5.41) is 6.56. The summed E-state index contributed by atoms with van der Waals surface area (Å²) in [5.41, 5.74) is 6.42. The van der Waals surface area contributed by atoms with Crippen molar-refractivity contribution in [2.24, 2.45) is 5.73 Å². The number of carbonyl (C=O) groups is 1. The smallest absolute Gasteiger partial charge is 0.453 e. The van der Waals surface area contributed by atoms with E-state index in [2.05, 4.69) is 15.4 Å². The number of halogens is 4. The van der Waals surface area contributed by atoms with Crippen molar-refractivity contribution < 1.29 is 22.7 Å². The van der Waals surface area contributed by atoms with E-state index in [4.69, 9.17) is 22.1 Å². The van der Waals surface area contributed by atoms with Gasteiger partial charge >= 0.3 is 12.1 Å². The number of anilines is 1. The molecular formula is C15H13ClF3N5O2. The number of nitrogens with two attached hydrogens (primary N) is 1. The molecule has 1 aliphatic heterocycles. The number of rotatable bonds is 3. The minimum absolute atomic E-state index is 0.0692. The van der Waals surface area contributed by atoms with E-state index in [0.29, 0.717) is 10.6 Å². The largest absolute Gasteiger partial charge is 0.462 e. The molecule has 0 saturated heterocycles. The summed E-state index contributed by atoms with van der Waals surface area (Å²) in [5.74, 6) is -2.67. The molecule has 0 unspecified atom stereocenters. The van der Waals surface area contributed by atoms with E-state index in [1.807, 2.05) is 0 Å². The summed E-state index contributed by atoms with van der Waals surface area (Å²) in [6.45, 7) is 1.67. The Morgan fingerprint density at radius 1 is 1.38 bits per heavy atom. The average molecular weight is 388 g/mol. The first-order valence-electron chi connectivity index (χ1n) is 7.45. The number of esters is 1. The number of nitrogens with zero attached hydrogens (tertiary/aromatic N) is 3. The van der Waals surface area contributed by atoms with Crippen molar-refractivity contribution in [2.45, 2.75) is 19.1 Å². The van der Waals surface area contributed by atoms with Gasteiger partial charge in [0.2, 0.25) is 5.95 Å². The predicted molar refractivity (Wildman–Crippen MR) is 86.9 cm³/mol. The summed E-state index contributed by atoms with van der Waals surface area (Å²) < 4.78 is 44.5. The lowest BCUT2D eigenvalue weighted by molar-refractivity contribution is -0.144. The van der Waals surface area contributed by atoms with Gasteiger partial charge in [-0.3, -0.25) is 0 Å². The highest BCUT2D eigenvalue weighted by molar-refractivity contribution is 6.30. The molecular weight excluding hydrogens is 375 g/mol. The van der Waals surface area contributed by atoms with Crippen molar-refractivity contribution in [1.82, 2.24) is 14.8 Å². The maximum absolute atomic E-state index is 12.9. The lowest BCUT2D eigenvalue weighted by Crippen LogP contribution is -2.32. The lowest BCUT2D eigenvalue weighted by atomic mass is 9.97. The molecule has 1 atom stereocenters. The molecule has 138 valence electrons. The molecule has 0 amide bonds. The molecule has 0 radical (unpaired) electrons. The maximum atomic E-state index is 12.9. The van der Waals surface area contributed by atoms with E-state index in [0.717, 1.165) is 4.68 Å². The Morgan fingerprint density at radius 3 is 2.62 bits per heavy atom. The summed E-state index contributed by atoms with van der Waals surface area (Å²) in [6.07, 6.45) is -4.76. The minimum atomic E-state index is -4.76.